The number of carbonyl (C=O) groups is 3. The van der Waals surface area contributed by atoms with Crippen LogP contribution < -0.4 is 10.6 Å². The Kier molecular flexibility index (Phi) is 9.08. The van der Waals surface area contributed by atoms with Gasteiger partial charge in [0.15, 0.2) is 0 Å². The van der Waals surface area contributed by atoms with Gasteiger partial charge in [-0.2, -0.15) is 8.42 Å². The first-order valence-corrected chi connectivity index (χ1v) is 12.1. The zero-order chi connectivity index (χ0) is 26.0. The van der Waals surface area contributed by atoms with Crippen LogP contribution in [-0.2, 0) is 31.2 Å². The predicted octanol–water partition coefficient (Wildman–Crippen LogP) is 1.87. The van der Waals surface area contributed by atoms with Crippen LogP contribution in [0.15, 0.2) is 91.3 Å². The third kappa shape index (κ3) is 7.61. The summed E-state index contributed by atoms with van der Waals surface area (Å²) in [6, 6.07) is 20.6. The minimum Gasteiger partial charge on any atom is -0.445 e. The van der Waals surface area contributed by atoms with Crippen molar-refractivity contribution in [3.8, 4) is 0 Å². The molecule has 3 N–H and O–H groups in total. The fourth-order valence-corrected chi connectivity index (χ4v) is 3.80. The first-order chi connectivity index (χ1) is 17.3. The second kappa shape index (κ2) is 12.4. The molecule has 188 valence electrons. The van der Waals surface area contributed by atoms with Gasteiger partial charge in [-0.15, -0.1) is 0 Å². The highest BCUT2D eigenvalue weighted by atomic mass is 32.2. The summed E-state index contributed by atoms with van der Waals surface area (Å²) in [4.78, 5) is 40.5. The van der Waals surface area contributed by atoms with Gasteiger partial charge in [0.2, 0.25) is 5.91 Å². The van der Waals surface area contributed by atoms with Crippen LogP contribution in [0.4, 0.5) is 4.79 Å². The summed E-state index contributed by atoms with van der Waals surface area (Å²) in [7, 11) is -4.67. The van der Waals surface area contributed by atoms with Crippen molar-refractivity contribution >= 4 is 28.2 Å². The fourth-order valence-electron chi connectivity index (χ4n) is 3.11. The van der Waals surface area contributed by atoms with Crippen LogP contribution in [0, 0.1) is 0 Å². The Balaban J connectivity index is 0.000000526. The Morgan fingerprint density at radius 3 is 2.08 bits per heavy atom. The van der Waals surface area contributed by atoms with Crippen LogP contribution in [-0.4, -0.2) is 52.8 Å². The average Bonchev–Trinajstić information content (AvgIpc) is 2.89. The number of benzene rings is 2. The van der Waals surface area contributed by atoms with E-state index in [2.05, 4.69) is 15.6 Å². The normalized spacial score (nSPS) is 15.4. The number of pyridine rings is 1. The molecule has 1 aromatic heterocycles. The lowest BCUT2D eigenvalue weighted by atomic mass is 10.0. The molecule has 0 spiro atoms. The number of β-lactam (4-membered cyclic amide) rings is 1. The van der Waals surface area contributed by atoms with E-state index in [1.54, 1.807) is 67.0 Å². The van der Waals surface area contributed by atoms with Crippen molar-refractivity contribution in [2.24, 2.45) is 0 Å². The third-order valence-corrected chi connectivity index (χ3v) is 5.81. The summed E-state index contributed by atoms with van der Waals surface area (Å²) in [6.45, 7) is -0.399. The van der Waals surface area contributed by atoms with Gasteiger partial charge in [0.05, 0.1) is 6.54 Å². The van der Waals surface area contributed by atoms with Crippen LogP contribution in [0.3, 0.4) is 0 Å². The maximum absolute atomic E-state index is 12.7. The highest BCUT2D eigenvalue weighted by Crippen LogP contribution is 2.18. The van der Waals surface area contributed by atoms with E-state index in [0.717, 1.165) is 5.56 Å². The molecule has 2 unspecified atom stereocenters. The van der Waals surface area contributed by atoms with Gasteiger partial charge in [-0.25, -0.2) is 9.10 Å². The van der Waals surface area contributed by atoms with E-state index in [1.165, 1.54) is 0 Å². The molecule has 11 nitrogen and oxygen atoms in total. The van der Waals surface area contributed by atoms with Crippen LogP contribution in [0.2, 0.25) is 0 Å². The highest BCUT2D eigenvalue weighted by Gasteiger charge is 2.45. The lowest BCUT2D eigenvalue weighted by molar-refractivity contribution is -0.141. The minimum absolute atomic E-state index is 0.000231. The van der Waals surface area contributed by atoms with Gasteiger partial charge in [0.25, 0.3) is 5.91 Å². The average molecular weight is 513 g/mol. The standard InChI is InChI=1S/C19H19N3O7S.C5H5N/c23-17(20-15-11-22(18(15)24)30(26,27)28)16(14-9-5-2-6-10-14)21-19(25)29-12-13-7-3-1-4-8-13;1-2-4-6-5-3-1/h1-10,15-16H,11-12H2,(H,20,23)(H,21,25)(H,26,27,28);1-5H. The molecule has 0 radical (unpaired) electrons. The molecule has 1 fully saturated rings. The number of hydrogen-bond donors (Lipinski definition) is 3. The van der Waals surface area contributed by atoms with Gasteiger partial charge in [0.1, 0.15) is 18.7 Å². The number of ether oxygens (including phenoxy) is 1. The topological polar surface area (TPSA) is 155 Å². The van der Waals surface area contributed by atoms with E-state index in [-0.39, 0.29) is 10.9 Å². The maximum Gasteiger partial charge on any atom is 0.408 e. The molecule has 12 heteroatoms. The number of nitrogens with zero attached hydrogens (tertiary/aromatic N) is 2. The van der Waals surface area contributed by atoms with Gasteiger partial charge in [-0.1, -0.05) is 66.7 Å². The molecule has 1 saturated heterocycles. The monoisotopic (exact) mass is 512 g/mol. The van der Waals surface area contributed by atoms with Crippen LogP contribution in [0.1, 0.15) is 17.2 Å². The molecule has 1 aliphatic heterocycles. The molecule has 2 atom stereocenters. The van der Waals surface area contributed by atoms with E-state index in [9.17, 15) is 22.8 Å². The molecule has 36 heavy (non-hydrogen) atoms. The molecule has 3 aromatic rings. The van der Waals surface area contributed by atoms with Gasteiger partial charge in [0, 0.05) is 12.4 Å². The Morgan fingerprint density at radius 2 is 1.58 bits per heavy atom. The summed E-state index contributed by atoms with van der Waals surface area (Å²) < 4.78 is 36.3. The number of aromatic nitrogens is 1. The molecular weight excluding hydrogens is 488 g/mol. The van der Waals surface area contributed by atoms with E-state index in [0.29, 0.717) is 5.56 Å². The molecule has 4 rings (SSSR count). The first-order valence-electron chi connectivity index (χ1n) is 10.7. The number of carbonyl (C=O) groups excluding carboxylic acids is 3. The number of amides is 3. The Hall–Kier alpha value is -4.29. The van der Waals surface area contributed by atoms with Gasteiger partial charge < -0.3 is 15.4 Å². The van der Waals surface area contributed by atoms with Crippen molar-refractivity contribution in [3.63, 3.8) is 0 Å². The predicted molar refractivity (Wildman–Crippen MR) is 128 cm³/mol. The van der Waals surface area contributed by atoms with Crippen molar-refractivity contribution in [1.82, 2.24) is 19.9 Å². The summed E-state index contributed by atoms with van der Waals surface area (Å²) in [5.41, 5.74) is 1.20. The molecule has 0 saturated carbocycles. The molecule has 0 bridgehead atoms. The lowest BCUT2D eigenvalue weighted by Crippen LogP contribution is -2.66. The van der Waals surface area contributed by atoms with Crippen molar-refractivity contribution in [1.29, 1.82) is 0 Å². The third-order valence-electron chi connectivity index (χ3n) is 4.92. The van der Waals surface area contributed by atoms with Crippen molar-refractivity contribution in [2.45, 2.75) is 18.7 Å². The molecule has 2 aromatic carbocycles. The molecule has 2 heterocycles. The quantitative estimate of drug-likeness (QED) is 0.320. The zero-order valence-corrected chi connectivity index (χ0v) is 19.7. The van der Waals surface area contributed by atoms with Crippen molar-refractivity contribution in [2.75, 3.05) is 6.54 Å². The first kappa shape index (κ1) is 26.3. The molecular formula is C24H24N4O7S. The summed E-state index contributed by atoms with van der Waals surface area (Å²) in [5, 5.41) is 4.82. The van der Waals surface area contributed by atoms with E-state index in [4.69, 9.17) is 9.29 Å². The maximum atomic E-state index is 12.7. The largest absolute Gasteiger partial charge is 0.445 e. The van der Waals surface area contributed by atoms with Gasteiger partial charge >= 0.3 is 16.4 Å². The highest BCUT2D eigenvalue weighted by molar-refractivity contribution is 7.84. The van der Waals surface area contributed by atoms with E-state index in [1.807, 2.05) is 24.3 Å². The molecule has 0 aliphatic carbocycles. The summed E-state index contributed by atoms with van der Waals surface area (Å²) >= 11 is 0. The molecule has 3 amide bonds. The Labute approximate surface area is 208 Å². The zero-order valence-electron chi connectivity index (χ0n) is 18.9. The van der Waals surface area contributed by atoms with Gasteiger partial charge in [-0.3, -0.25) is 19.1 Å². The number of alkyl carbamates (subject to hydrolysis) is 1. The van der Waals surface area contributed by atoms with Gasteiger partial charge in [-0.05, 0) is 23.3 Å². The Bertz CT molecular complexity index is 1230. The molecule has 1 aliphatic rings. The van der Waals surface area contributed by atoms with Crippen molar-refractivity contribution < 1.29 is 32.1 Å². The minimum atomic E-state index is -4.67. The second-order valence-electron chi connectivity index (χ2n) is 7.48. The van der Waals surface area contributed by atoms with Crippen molar-refractivity contribution in [3.05, 3.63) is 102 Å². The second-order valence-corrected chi connectivity index (χ2v) is 8.82. The van der Waals surface area contributed by atoms with E-state index < -0.39 is 46.8 Å². The number of rotatable bonds is 7. The number of hydrogen-bond acceptors (Lipinski definition) is 7. The number of nitrogens with one attached hydrogen (secondary N) is 2. The Morgan fingerprint density at radius 1 is 1.00 bits per heavy atom. The van der Waals surface area contributed by atoms with Crippen LogP contribution in [0.5, 0.6) is 0 Å². The smallest absolute Gasteiger partial charge is 0.408 e. The SMILES string of the molecule is O=C(NC(C(=O)NC1CN(S(=O)(=O)O)C1=O)c1ccccc1)OCc1ccccc1.c1ccncc1. The van der Waals surface area contributed by atoms with Crippen LogP contribution in [0.25, 0.3) is 0 Å². The van der Waals surface area contributed by atoms with Crippen LogP contribution >= 0.6 is 0 Å². The fraction of sp³-hybridized carbons (Fsp3) is 0.167. The lowest BCUT2D eigenvalue weighted by Gasteiger charge is -2.36. The summed E-state index contributed by atoms with van der Waals surface area (Å²) in [6.07, 6.45) is 2.65. The summed E-state index contributed by atoms with van der Waals surface area (Å²) in [5.74, 6) is -1.70. The van der Waals surface area contributed by atoms with E-state index >= 15 is 0 Å².